The first-order valence-corrected chi connectivity index (χ1v) is 15.7. The number of amides is 3. The van der Waals surface area contributed by atoms with Crippen LogP contribution < -0.4 is 10.6 Å². The number of carbonyl (C=O) groups is 3. The van der Waals surface area contributed by atoms with Crippen molar-refractivity contribution >= 4 is 23.6 Å². The van der Waals surface area contributed by atoms with Gasteiger partial charge in [-0.25, -0.2) is 4.79 Å². The zero-order chi connectivity index (χ0) is 34.0. The minimum Gasteiger partial charge on any atom is -0.508 e. The fourth-order valence-electron chi connectivity index (χ4n) is 5.12. The number of benzene rings is 3. The summed E-state index contributed by atoms with van der Waals surface area (Å²) >= 11 is 0. The van der Waals surface area contributed by atoms with Gasteiger partial charge in [-0.2, -0.15) is 0 Å². The second-order valence-corrected chi connectivity index (χ2v) is 13.1. The molecule has 0 saturated heterocycles. The van der Waals surface area contributed by atoms with Crippen molar-refractivity contribution in [2.75, 3.05) is 5.32 Å². The normalized spacial score (nSPS) is 13.2. The molecule has 8 heteroatoms. The van der Waals surface area contributed by atoms with Crippen molar-refractivity contribution in [1.82, 2.24) is 10.2 Å². The Morgan fingerprint density at radius 1 is 0.935 bits per heavy atom. The number of phenolic OH excluding ortho intramolecular Hbond substituents is 1. The van der Waals surface area contributed by atoms with E-state index in [1.165, 1.54) is 12.1 Å². The molecule has 0 saturated carbocycles. The second kappa shape index (κ2) is 16.0. The summed E-state index contributed by atoms with van der Waals surface area (Å²) < 4.78 is 5.55. The van der Waals surface area contributed by atoms with Gasteiger partial charge in [-0.05, 0) is 100 Å². The fourth-order valence-corrected chi connectivity index (χ4v) is 5.12. The molecule has 0 aromatic heterocycles. The lowest BCUT2D eigenvalue weighted by Crippen LogP contribution is -2.55. The molecule has 0 spiro atoms. The van der Waals surface area contributed by atoms with Gasteiger partial charge in [0.15, 0.2) is 0 Å². The van der Waals surface area contributed by atoms with Gasteiger partial charge in [-0.3, -0.25) is 9.59 Å². The molecule has 244 valence electrons. The Hall–Kier alpha value is -4.77. The van der Waals surface area contributed by atoms with Crippen LogP contribution in [0.5, 0.6) is 5.75 Å². The van der Waals surface area contributed by atoms with E-state index in [4.69, 9.17) is 11.2 Å². The van der Waals surface area contributed by atoms with Gasteiger partial charge in [-0.15, -0.1) is 6.42 Å². The summed E-state index contributed by atoms with van der Waals surface area (Å²) in [5.74, 6) is 2.21. The Bertz CT molecular complexity index is 1520. The third-order valence-electron chi connectivity index (χ3n) is 7.58. The average Bonchev–Trinajstić information content (AvgIpc) is 2.99. The molecule has 3 unspecified atom stereocenters. The summed E-state index contributed by atoms with van der Waals surface area (Å²) in [4.78, 5) is 43.9. The Balaban J connectivity index is 2.16. The van der Waals surface area contributed by atoms with Crippen LogP contribution in [0, 0.1) is 25.2 Å². The van der Waals surface area contributed by atoms with Gasteiger partial charge >= 0.3 is 6.09 Å². The molecule has 0 heterocycles. The average molecular weight is 626 g/mol. The molecular weight excluding hydrogens is 578 g/mol. The standard InChI is InChI=1S/C38H47N3O5/c1-9-28-16-20-30(21-17-28)34(35(43)39-32-13-11-10-12-26(32)4)41(27(5)15-14-25(2)3)36(44)33(40-37(45)46-38(6,7)8)24-29-18-22-31(42)23-19-29/h1,10-13,16-23,25,27,33-34,42H,14-15,24H2,2-8H3,(H,39,43)(H,40,45). The molecule has 3 N–H and O–H groups in total. The van der Waals surface area contributed by atoms with E-state index >= 15 is 0 Å². The zero-order valence-corrected chi connectivity index (χ0v) is 28.0. The van der Waals surface area contributed by atoms with Gasteiger partial charge in [-0.1, -0.05) is 62.2 Å². The number of aromatic hydroxyl groups is 1. The topological polar surface area (TPSA) is 108 Å². The molecule has 0 radical (unpaired) electrons. The monoisotopic (exact) mass is 625 g/mol. The number of hydrogen-bond acceptors (Lipinski definition) is 5. The van der Waals surface area contributed by atoms with Crippen LogP contribution in [0.25, 0.3) is 0 Å². The molecule has 0 aliphatic heterocycles. The van der Waals surface area contributed by atoms with E-state index in [2.05, 4.69) is 30.4 Å². The Labute approximate surface area is 273 Å². The number of terminal acetylenes is 1. The van der Waals surface area contributed by atoms with E-state index in [0.29, 0.717) is 34.7 Å². The molecule has 0 bridgehead atoms. The Kier molecular flexibility index (Phi) is 12.4. The summed E-state index contributed by atoms with van der Waals surface area (Å²) in [6, 6.07) is 18.4. The van der Waals surface area contributed by atoms with Gasteiger partial charge in [0.2, 0.25) is 5.91 Å². The van der Waals surface area contributed by atoms with Crippen LogP contribution in [-0.2, 0) is 20.7 Å². The molecular formula is C38H47N3O5. The van der Waals surface area contributed by atoms with Crippen LogP contribution in [0.4, 0.5) is 10.5 Å². The SMILES string of the molecule is C#Cc1ccc(C(C(=O)Nc2ccccc2C)N(C(=O)C(Cc2ccc(O)cc2)NC(=O)OC(C)(C)C)C(C)CCC(C)C)cc1. The van der Waals surface area contributed by atoms with Crippen LogP contribution in [0.15, 0.2) is 72.8 Å². The Morgan fingerprint density at radius 3 is 2.13 bits per heavy atom. The van der Waals surface area contributed by atoms with Crippen molar-refractivity contribution in [3.63, 3.8) is 0 Å². The summed E-state index contributed by atoms with van der Waals surface area (Å²) in [6.07, 6.45) is 6.42. The van der Waals surface area contributed by atoms with Gasteiger partial charge in [0.1, 0.15) is 23.4 Å². The summed E-state index contributed by atoms with van der Waals surface area (Å²) in [7, 11) is 0. The molecule has 3 amide bonds. The van der Waals surface area contributed by atoms with E-state index in [1.807, 2.05) is 38.1 Å². The lowest BCUT2D eigenvalue weighted by Gasteiger charge is -2.39. The molecule has 0 fully saturated rings. The summed E-state index contributed by atoms with van der Waals surface area (Å²) in [5, 5.41) is 15.7. The van der Waals surface area contributed by atoms with Crippen molar-refractivity contribution in [2.24, 2.45) is 5.92 Å². The lowest BCUT2D eigenvalue weighted by molar-refractivity contribution is -0.143. The van der Waals surface area contributed by atoms with E-state index in [1.54, 1.807) is 62.1 Å². The second-order valence-electron chi connectivity index (χ2n) is 13.1. The highest BCUT2D eigenvalue weighted by molar-refractivity contribution is 5.99. The molecule has 0 aliphatic rings. The number of para-hydroxylation sites is 1. The third kappa shape index (κ3) is 10.4. The van der Waals surface area contributed by atoms with Crippen LogP contribution in [0.2, 0.25) is 0 Å². The molecule has 3 atom stereocenters. The first-order chi connectivity index (χ1) is 21.7. The fraction of sp³-hybridized carbons (Fsp3) is 0.395. The number of nitrogens with zero attached hydrogens (tertiary/aromatic N) is 1. The predicted molar refractivity (Wildman–Crippen MR) is 182 cm³/mol. The highest BCUT2D eigenvalue weighted by atomic mass is 16.6. The van der Waals surface area contributed by atoms with Crippen molar-refractivity contribution in [1.29, 1.82) is 0 Å². The number of nitrogens with one attached hydrogen (secondary N) is 2. The number of anilines is 1. The van der Waals surface area contributed by atoms with E-state index in [-0.39, 0.29) is 12.2 Å². The number of rotatable bonds is 12. The van der Waals surface area contributed by atoms with E-state index < -0.39 is 41.6 Å². The number of alkyl carbamates (subject to hydrolysis) is 1. The predicted octanol–water partition coefficient (Wildman–Crippen LogP) is 7.15. The minimum absolute atomic E-state index is 0.0824. The number of carbonyl (C=O) groups excluding carboxylic acids is 3. The molecule has 3 aromatic carbocycles. The maximum Gasteiger partial charge on any atom is 0.408 e. The zero-order valence-electron chi connectivity index (χ0n) is 28.0. The van der Waals surface area contributed by atoms with Crippen LogP contribution in [0.3, 0.4) is 0 Å². The Morgan fingerprint density at radius 2 is 1.57 bits per heavy atom. The van der Waals surface area contributed by atoms with E-state index in [9.17, 15) is 19.5 Å². The van der Waals surface area contributed by atoms with Crippen LogP contribution in [-0.4, -0.2) is 45.6 Å². The number of aryl methyl sites for hydroxylation is 1. The summed E-state index contributed by atoms with van der Waals surface area (Å²) in [5.41, 5.74) is 2.64. The van der Waals surface area contributed by atoms with Crippen molar-refractivity contribution < 1.29 is 24.2 Å². The third-order valence-corrected chi connectivity index (χ3v) is 7.58. The van der Waals surface area contributed by atoms with Crippen LogP contribution in [0.1, 0.15) is 82.7 Å². The van der Waals surface area contributed by atoms with Crippen molar-refractivity contribution in [3.8, 4) is 18.1 Å². The molecule has 3 rings (SSSR count). The maximum absolute atomic E-state index is 14.9. The van der Waals surface area contributed by atoms with Gasteiger partial charge in [0.25, 0.3) is 5.91 Å². The quantitative estimate of drug-likeness (QED) is 0.185. The largest absolute Gasteiger partial charge is 0.508 e. The number of hydrogen-bond donors (Lipinski definition) is 3. The van der Waals surface area contributed by atoms with Crippen LogP contribution >= 0.6 is 0 Å². The molecule has 46 heavy (non-hydrogen) atoms. The lowest BCUT2D eigenvalue weighted by atomic mass is 9.95. The van der Waals surface area contributed by atoms with Gasteiger partial charge in [0.05, 0.1) is 0 Å². The first kappa shape index (κ1) is 35.7. The molecule has 8 nitrogen and oxygen atoms in total. The smallest absolute Gasteiger partial charge is 0.408 e. The number of phenols is 1. The van der Waals surface area contributed by atoms with Crippen molar-refractivity contribution in [2.45, 2.75) is 91.5 Å². The maximum atomic E-state index is 14.9. The highest BCUT2D eigenvalue weighted by Gasteiger charge is 2.39. The molecule has 0 aliphatic carbocycles. The van der Waals surface area contributed by atoms with Gasteiger partial charge in [0, 0.05) is 23.7 Å². The van der Waals surface area contributed by atoms with E-state index in [0.717, 1.165) is 12.0 Å². The van der Waals surface area contributed by atoms with Crippen molar-refractivity contribution in [3.05, 3.63) is 95.1 Å². The highest BCUT2D eigenvalue weighted by Crippen LogP contribution is 2.30. The number of ether oxygens (including phenoxy) is 1. The van der Waals surface area contributed by atoms with Gasteiger partial charge < -0.3 is 25.4 Å². The first-order valence-electron chi connectivity index (χ1n) is 15.7. The molecule has 3 aromatic rings. The minimum atomic E-state index is -1.08. The summed E-state index contributed by atoms with van der Waals surface area (Å²) in [6.45, 7) is 13.3.